The Hall–Kier alpha value is -2.82. The van der Waals surface area contributed by atoms with Crippen LogP contribution in [0.5, 0.6) is 5.75 Å². The fourth-order valence-corrected chi connectivity index (χ4v) is 2.14. The van der Waals surface area contributed by atoms with Crippen LogP contribution in [0.3, 0.4) is 0 Å². The zero-order chi connectivity index (χ0) is 16.7. The molecule has 23 heavy (non-hydrogen) atoms. The van der Waals surface area contributed by atoms with Crippen LogP contribution in [0.1, 0.15) is 28.9 Å². The second-order valence-corrected chi connectivity index (χ2v) is 5.11. The topological polar surface area (TPSA) is 67.4 Å². The Kier molecular flexibility index (Phi) is 5.74. The van der Waals surface area contributed by atoms with E-state index in [2.05, 4.69) is 10.6 Å². The maximum Gasteiger partial charge on any atom is 0.251 e. The number of nitrogens with one attached hydrogen (secondary N) is 2. The minimum Gasteiger partial charge on any atom is -0.497 e. The van der Waals surface area contributed by atoms with E-state index >= 15 is 0 Å². The molecule has 2 N–H and O–H groups in total. The quantitative estimate of drug-likeness (QED) is 0.860. The van der Waals surface area contributed by atoms with Crippen molar-refractivity contribution in [1.82, 2.24) is 10.6 Å². The molecule has 2 amide bonds. The van der Waals surface area contributed by atoms with Crippen molar-refractivity contribution in [3.8, 4) is 5.75 Å². The molecule has 0 aliphatic rings. The van der Waals surface area contributed by atoms with E-state index in [9.17, 15) is 9.59 Å². The van der Waals surface area contributed by atoms with Crippen LogP contribution in [0.2, 0.25) is 0 Å². The molecule has 0 aliphatic heterocycles. The number of benzene rings is 2. The zero-order valence-electron chi connectivity index (χ0n) is 13.2. The summed E-state index contributed by atoms with van der Waals surface area (Å²) < 4.78 is 5.07. The molecule has 0 aromatic heterocycles. The summed E-state index contributed by atoms with van der Waals surface area (Å²) in [6.45, 7) is 1.82. The molecule has 5 nitrogen and oxygen atoms in total. The van der Waals surface area contributed by atoms with Crippen LogP contribution in [0.25, 0.3) is 0 Å². The van der Waals surface area contributed by atoms with Crippen molar-refractivity contribution in [2.45, 2.75) is 13.0 Å². The molecule has 0 spiro atoms. The van der Waals surface area contributed by atoms with Crippen LogP contribution in [0.4, 0.5) is 0 Å². The zero-order valence-corrected chi connectivity index (χ0v) is 13.2. The molecule has 2 aromatic carbocycles. The molecule has 5 heteroatoms. The van der Waals surface area contributed by atoms with E-state index in [1.807, 2.05) is 37.3 Å². The molecule has 0 saturated carbocycles. The Morgan fingerprint density at radius 2 is 1.83 bits per heavy atom. The SMILES string of the molecule is COc1cccc(C(=O)NCC(=O)N[C@@H](C)c2ccccc2)c1. The van der Waals surface area contributed by atoms with Gasteiger partial charge in [-0.1, -0.05) is 36.4 Å². The monoisotopic (exact) mass is 312 g/mol. The van der Waals surface area contributed by atoms with Crippen molar-refractivity contribution >= 4 is 11.8 Å². The van der Waals surface area contributed by atoms with Gasteiger partial charge in [0, 0.05) is 5.56 Å². The van der Waals surface area contributed by atoms with Gasteiger partial charge in [0.2, 0.25) is 5.91 Å². The standard InChI is InChI=1S/C18H20N2O3/c1-13(14-7-4-3-5-8-14)20-17(21)12-19-18(22)15-9-6-10-16(11-15)23-2/h3-11,13H,12H2,1-2H3,(H,19,22)(H,20,21)/t13-/m0/s1. The van der Waals surface area contributed by atoms with E-state index in [0.717, 1.165) is 5.56 Å². The number of rotatable bonds is 6. The summed E-state index contributed by atoms with van der Waals surface area (Å²) in [6, 6.07) is 16.3. The Balaban J connectivity index is 1.85. The van der Waals surface area contributed by atoms with Crippen molar-refractivity contribution in [3.05, 3.63) is 65.7 Å². The van der Waals surface area contributed by atoms with Gasteiger partial charge in [0.1, 0.15) is 5.75 Å². The van der Waals surface area contributed by atoms with Crippen LogP contribution < -0.4 is 15.4 Å². The Morgan fingerprint density at radius 1 is 1.09 bits per heavy atom. The van der Waals surface area contributed by atoms with Crippen LogP contribution in [0, 0.1) is 0 Å². The predicted octanol–water partition coefficient (Wildman–Crippen LogP) is 2.30. The van der Waals surface area contributed by atoms with Gasteiger partial charge in [-0.25, -0.2) is 0 Å². The molecule has 2 aromatic rings. The number of amides is 2. The number of hydrogen-bond acceptors (Lipinski definition) is 3. The third-order valence-electron chi connectivity index (χ3n) is 3.42. The molecule has 1 atom stereocenters. The van der Waals surface area contributed by atoms with Gasteiger partial charge >= 0.3 is 0 Å². The number of hydrogen-bond donors (Lipinski definition) is 2. The first-order valence-electron chi connectivity index (χ1n) is 7.36. The maximum absolute atomic E-state index is 12.0. The Morgan fingerprint density at radius 3 is 2.52 bits per heavy atom. The van der Waals surface area contributed by atoms with E-state index in [1.54, 1.807) is 24.3 Å². The van der Waals surface area contributed by atoms with Crippen molar-refractivity contribution in [3.63, 3.8) is 0 Å². The number of methoxy groups -OCH3 is 1. The average molecular weight is 312 g/mol. The molecular formula is C18H20N2O3. The highest BCUT2D eigenvalue weighted by molar-refractivity contribution is 5.96. The average Bonchev–Trinajstić information content (AvgIpc) is 2.60. The van der Waals surface area contributed by atoms with Gasteiger partial charge in [-0.15, -0.1) is 0 Å². The van der Waals surface area contributed by atoms with Crippen molar-refractivity contribution in [2.75, 3.05) is 13.7 Å². The normalized spacial score (nSPS) is 11.4. The lowest BCUT2D eigenvalue weighted by Gasteiger charge is -2.14. The molecule has 0 aliphatic carbocycles. The van der Waals surface area contributed by atoms with Crippen LogP contribution in [-0.2, 0) is 4.79 Å². The van der Waals surface area contributed by atoms with Gasteiger partial charge < -0.3 is 15.4 Å². The van der Waals surface area contributed by atoms with Gasteiger partial charge in [0.25, 0.3) is 5.91 Å². The third kappa shape index (κ3) is 4.85. The summed E-state index contributed by atoms with van der Waals surface area (Å²) in [7, 11) is 1.54. The Bertz CT molecular complexity index is 671. The molecule has 2 rings (SSSR count). The van der Waals surface area contributed by atoms with Gasteiger partial charge in [-0.2, -0.15) is 0 Å². The second kappa shape index (κ2) is 7.98. The van der Waals surface area contributed by atoms with E-state index in [0.29, 0.717) is 11.3 Å². The summed E-state index contributed by atoms with van der Waals surface area (Å²) >= 11 is 0. The van der Waals surface area contributed by atoms with Crippen LogP contribution in [0.15, 0.2) is 54.6 Å². The van der Waals surface area contributed by atoms with Gasteiger partial charge in [0.15, 0.2) is 0 Å². The van der Waals surface area contributed by atoms with Crippen LogP contribution in [-0.4, -0.2) is 25.5 Å². The molecule has 0 fully saturated rings. The fourth-order valence-electron chi connectivity index (χ4n) is 2.14. The lowest BCUT2D eigenvalue weighted by Crippen LogP contribution is -2.38. The summed E-state index contributed by atoms with van der Waals surface area (Å²) in [4.78, 5) is 24.0. The number of carbonyl (C=O) groups is 2. The van der Waals surface area contributed by atoms with Crippen LogP contribution >= 0.6 is 0 Å². The maximum atomic E-state index is 12.0. The molecule has 0 unspecified atom stereocenters. The Labute approximate surface area is 135 Å². The highest BCUT2D eigenvalue weighted by Crippen LogP contribution is 2.12. The summed E-state index contributed by atoms with van der Waals surface area (Å²) in [5.41, 5.74) is 1.47. The van der Waals surface area contributed by atoms with E-state index in [4.69, 9.17) is 4.74 Å². The van der Waals surface area contributed by atoms with Crippen molar-refractivity contribution in [2.24, 2.45) is 0 Å². The first kappa shape index (κ1) is 16.5. The lowest BCUT2D eigenvalue weighted by atomic mass is 10.1. The van der Waals surface area contributed by atoms with Crippen molar-refractivity contribution in [1.29, 1.82) is 0 Å². The minimum absolute atomic E-state index is 0.0762. The molecule has 120 valence electrons. The van der Waals surface area contributed by atoms with Gasteiger partial charge in [-0.05, 0) is 30.7 Å². The highest BCUT2D eigenvalue weighted by Gasteiger charge is 2.11. The predicted molar refractivity (Wildman–Crippen MR) is 88.3 cm³/mol. The first-order valence-corrected chi connectivity index (χ1v) is 7.36. The fraction of sp³-hybridized carbons (Fsp3) is 0.222. The summed E-state index contributed by atoms with van der Waals surface area (Å²) in [5, 5.41) is 5.45. The lowest BCUT2D eigenvalue weighted by molar-refractivity contribution is -0.120. The van der Waals surface area contributed by atoms with Gasteiger partial charge in [-0.3, -0.25) is 9.59 Å². The molecular weight excluding hydrogens is 292 g/mol. The van der Waals surface area contributed by atoms with Crippen molar-refractivity contribution < 1.29 is 14.3 Å². The summed E-state index contributed by atoms with van der Waals surface area (Å²) in [5.74, 6) is 0.0452. The molecule has 0 bridgehead atoms. The largest absolute Gasteiger partial charge is 0.497 e. The second-order valence-electron chi connectivity index (χ2n) is 5.11. The molecule has 0 saturated heterocycles. The molecule has 0 radical (unpaired) electrons. The van der Waals surface area contributed by atoms with E-state index in [-0.39, 0.29) is 24.4 Å². The smallest absolute Gasteiger partial charge is 0.251 e. The summed E-state index contributed by atoms with van der Waals surface area (Å²) in [6.07, 6.45) is 0. The highest BCUT2D eigenvalue weighted by atomic mass is 16.5. The molecule has 0 heterocycles. The minimum atomic E-state index is -0.314. The van der Waals surface area contributed by atoms with E-state index in [1.165, 1.54) is 7.11 Å². The first-order chi connectivity index (χ1) is 11.1. The van der Waals surface area contributed by atoms with Gasteiger partial charge in [0.05, 0.1) is 19.7 Å². The third-order valence-corrected chi connectivity index (χ3v) is 3.42. The van der Waals surface area contributed by atoms with E-state index < -0.39 is 0 Å². The number of ether oxygens (including phenoxy) is 1. The number of carbonyl (C=O) groups excluding carboxylic acids is 2.